The van der Waals surface area contributed by atoms with E-state index in [9.17, 15) is 14.7 Å². The molecule has 0 aliphatic carbocycles. The van der Waals surface area contributed by atoms with Crippen LogP contribution in [-0.4, -0.2) is 47.6 Å². The van der Waals surface area contributed by atoms with Crippen molar-refractivity contribution >= 4 is 11.8 Å². The molecule has 0 aromatic heterocycles. The summed E-state index contributed by atoms with van der Waals surface area (Å²) in [5.74, 6) is -0.388. The van der Waals surface area contributed by atoms with Gasteiger partial charge < -0.3 is 15.3 Å². The molecule has 2 rings (SSSR count). The van der Waals surface area contributed by atoms with Crippen LogP contribution in [0.1, 0.15) is 17.9 Å². The van der Waals surface area contributed by atoms with E-state index >= 15 is 0 Å². The van der Waals surface area contributed by atoms with E-state index in [1.54, 1.807) is 4.90 Å². The van der Waals surface area contributed by atoms with Crippen molar-refractivity contribution in [3.8, 4) is 0 Å². The average molecular weight is 288 g/mol. The van der Waals surface area contributed by atoms with Crippen LogP contribution in [0.15, 0.2) is 43.0 Å². The number of amides is 2. The van der Waals surface area contributed by atoms with Crippen LogP contribution in [0.2, 0.25) is 0 Å². The normalized spacial score (nSPS) is 21.1. The third-order valence-corrected chi connectivity index (χ3v) is 3.69. The molecule has 0 radical (unpaired) electrons. The summed E-state index contributed by atoms with van der Waals surface area (Å²) >= 11 is 0. The molecule has 1 aromatic rings. The SMILES string of the molecule is C=CC(=O)NCCC(=O)N1C[C@@H](O)[C@H](c2ccccc2)C1. The summed E-state index contributed by atoms with van der Waals surface area (Å²) in [4.78, 5) is 24.7. The lowest BCUT2D eigenvalue weighted by molar-refractivity contribution is -0.130. The highest BCUT2D eigenvalue weighted by Crippen LogP contribution is 2.27. The molecule has 1 aliphatic rings. The lowest BCUT2D eigenvalue weighted by atomic mass is 9.96. The highest BCUT2D eigenvalue weighted by molar-refractivity contribution is 5.87. The minimum Gasteiger partial charge on any atom is -0.391 e. The monoisotopic (exact) mass is 288 g/mol. The number of hydrogen-bond donors (Lipinski definition) is 2. The van der Waals surface area contributed by atoms with Gasteiger partial charge in [0.2, 0.25) is 11.8 Å². The molecule has 0 bridgehead atoms. The molecule has 0 spiro atoms. The van der Waals surface area contributed by atoms with Gasteiger partial charge in [-0.15, -0.1) is 0 Å². The quantitative estimate of drug-likeness (QED) is 0.782. The molecule has 1 aliphatic heterocycles. The molecule has 1 saturated heterocycles. The minimum absolute atomic E-state index is 0.0436. The fraction of sp³-hybridized carbons (Fsp3) is 0.375. The van der Waals surface area contributed by atoms with Crippen molar-refractivity contribution in [2.75, 3.05) is 19.6 Å². The van der Waals surface area contributed by atoms with E-state index in [0.717, 1.165) is 5.56 Å². The van der Waals surface area contributed by atoms with Crippen LogP contribution < -0.4 is 5.32 Å². The summed E-state index contributed by atoms with van der Waals surface area (Å²) in [7, 11) is 0. The van der Waals surface area contributed by atoms with Crippen molar-refractivity contribution in [2.24, 2.45) is 0 Å². The van der Waals surface area contributed by atoms with E-state index in [1.807, 2.05) is 30.3 Å². The molecule has 5 nitrogen and oxygen atoms in total. The Balaban J connectivity index is 1.87. The van der Waals surface area contributed by atoms with Gasteiger partial charge in [-0.1, -0.05) is 36.9 Å². The first-order valence-electron chi connectivity index (χ1n) is 7.03. The van der Waals surface area contributed by atoms with Gasteiger partial charge in [0.05, 0.1) is 6.10 Å². The summed E-state index contributed by atoms with van der Waals surface area (Å²) in [6.45, 7) is 4.49. The smallest absolute Gasteiger partial charge is 0.243 e. The third-order valence-electron chi connectivity index (χ3n) is 3.69. The third kappa shape index (κ3) is 3.92. The standard InChI is InChI=1S/C16H20N2O3/c1-2-15(20)17-9-8-16(21)18-10-13(14(19)11-18)12-6-4-3-5-7-12/h2-7,13-14,19H,1,8-11H2,(H,17,20)/t13-,14+/m0/s1. The van der Waals surface area contributed by atoms with Crippen LogP contribution in [0.5, 0.6) is 0 Å². The number of benzene rings is 1. The molecule has 0 saturated carbocycles. The van der Waals surface area contributed by atoms with Crippen LogP contribution >= 0.6 is 0 Å². The Bertz CT molecular complexity index is 516. The maximum absolute atomic E-state index is 12.1. The number of β-amino-alcohol motifs (C(OH)–C–C–N with tert-alkyl or cyclic N) is 1. The Labute approximate surface area is 124 Å². The van der Waals surface area contributed by atoms with Crippen molar-refractivity contribution in [3.05, 3.63) is 48.6 Å². The van der Waals surface area contributed by atoms with E-state index in [-0.39, 0.29) is 30.7 Å². The lowest BCUT2D eigenvalue weighted by Crippen LogP contribution is -2.33. The second kappa shape index (κ2) is 7.04. The zero-order valence-electron chi connectivity index (χ0n) is 11.9. The maximum atomic E-state index is 12.1. The topological polar surface area (TPSA) is 69.6 Å². The average Bonchev–Trinajstić information content (AvgIpc) is 2.90. The first-order valence-corrected chi connectivity index (χ1v) is 7.03. The summed E-state index contributed by atoms with van der Waals surface area (Å²) in [5.41, 5.74) is 1.04. The van der Waals surface area contributed by atoms with Crippen molar-refractivity contribution in [1.29, 1.82) is 0 Å². The van der Waals surface area contributed by atoms with E-state index in [4.69, 9.17) is 0 Å². The second-order valence-electron chi connectivity index (χ2n) is 5.13. The van der Waals surface area contributed by atoms with Crippen molar-refractivity contribution in [2.45, 2.75) is 18.4 Å². The Morgan fingerprint density at radius 3 is 2.71 bits per heavy atom. The fourth-order valence-corrected chi connectivity index (χ4v) is 2.54. The molecule has 0 unspecified atom stereocenters. The van der Waals surface area contributed by atoms with Crippen LogP contribution in [-0.2, 0) is 9.59 Å². The van der Waals surface area contributed by atoms with E-state index in [0.29, 0.717) is 13.1 Å². The highest BCUT2D eigenvalue weighted by atomic mass is 16.3. The van der Waals surface area contributed by atoms with E-state index in [1.165, 1.54) is 6.08 Å². The predicted octanol–water partition coefficient (Wildman–Crippen LogP) is 0.666. The van der Waals surface area contributed by atoms with Gasteiger partial charge in [0.15, 0.2) is 0 Å². The van der Waals surface area contributed by atoms with Crippen molar-refractivity contribution in [1.82, 2.24) is 10.2 Å². The number of likely N-dealkylation sites (tertiary alicyclic amines) is 1. The second-order valence-corrected chi connectivity index (χ2v) is 5.13. The van der Waals surface area contributed by atoms with Gasteiger partial charge in [0, 0.05) is 32.0 Å². The number of rotatable bonds is 5. The van der Waals surface area contributed by atoms with Crippen LogP contribution in [0.3, 0.4) is 0 Å². The van der Waals surface area contributed by atoms with Crippen LogP contribution in [0, 0.1) is 0 Å². The van der Waals surface area contributed by atoms with E-state index < -0.39 is 6.10 Å². The van der Waals surface area contributed by atoms with Crippen molar-refractivity contribution in [3.63, 3.8) is 0 Å². The molecular weight excluding hydrogens is 268 g/mol. The Kier molecular flexibility index (Phi) is 5.11. The first kappa shape index (κ1) is 15.3. The summed E-state index contributed by atoms with van der Waals surface area (Å²) in [5, 5.41) is 12.7. The number of hydrogen-bond acceptors (Lipinski definition) is 3. The van der Waals surface area contributed by atoms with Crippen molar-refractivity contribution < 1.29 is 14.7 Å². The molecule has 1 fully saturated rings. The van der Waals surface area contributed by atoms with Gasteiger partial charge in [-0.3, -0.25) is 9.59 Å². The first-order chi connectivity index (χ1) is 10.1. The van der Waals surface area contributed by atoms with E-state index in [2.05, 4.69) is 11.9 Å². The number of aliphatic hydroxyl groups is 1. The zero-order chi connectivity index (χ0) is 15.2. The molecular formula is C16H20N2O3. The molecule has 2 N–H and O–H groups in total. The molecule has 5 heteroatoms. The molecule has 1 heterocycles. The lowest BCUT2D eigenvalue weighted by Gasteiger charge is -2.16. The van der Waals surface area contributed by atoms with Gasteiger partial charge in [0.1, 0.15) is 0 Å². The van der Waals surface area contributed by atoms with Gasteiger partial charge in [0.25, 0.3) is 0 Å². The van der Waals surface area contributed by atoms with Gasteiger partial charge in [-0.05, 0) is 11.6 Å². The van der Waals surface area contributed by atoms with Gasteiger partial charge in [-0.2, -0.15) is 0 Å². The Morgan fingerprint density at radius 2 is 2.05 bits per heavy atom. The fourth-order valence-electron chi connectivity index (χ4n) is 2.54. The summed E-state index contributed by atoms with van der Waals surface area (Å²) in [6, 6.07) is 9.71. The molecule has 112 valence electrons. The zero-order valence-corrected chi connectivity index (χ0v) is 11.9. The minimum atomic E-state index is -0.542. The van der Waals surface area contributed by atoms with Gasteiger partial charge >= 0.3 is 0 Å². The number of nitrogens with zero attached hydrogens (tertiary/aromatic N) is 1. The predicted molar refractivity (Wildman–Crippen MR) is 79.6 cm³/mol. The largest absolute Gasteiger partial charge is 0.391 e. The molecule has 2 atom stereocenters. The number of nitrogens with one attached hydrogen (secondary N) is 1. The van der Waals surface area contributed by atoms with Gasteiger partial charge in [-0.25, -0.2) is 0 Å². The number of aliphatic hydroxyl groups excluding tert-OH is 1. The van der Waals surface area contributed by atoms with Crippen LogP contribution in [0.25, 0.3) is 0 Å². The maximum Gasteiger partial charge on any atom is 0.243 e. The highest BCUT2D eigenvalue weighted by Gasteiger charge is 2.34. The summed E-state index contributed by atoms with van der Waals surface area (Å²) < 4.78 is 0. The Hall–Kier alpha value is -2.14. The molecule has 1 aromatic carbocycles. The molecule has 2 amide bonds. The Morgan fingerprint density at radius 1 is 1.33 bits per heavy atom. The van der Waals surface area contributed by atoms with Crippen LogP contribution in [0.4, 0.5) is 0 Å². The number of carbonyl (C=O) groups excluding carboxylic acids is 2. The summed E-state index contributed by atoms with van der Waals surface area (Å²) in [6.07, 6.45) is 0.864. The number of carbonyl (C=O) groups is 2. The molecule has 21 heavy (non-hydrogen) atoms.